The minimum atomic E-state index is -3.93. The molecule has 0 aromatic heterocycles. The third-order valence-corrected chi connectivity index (χ3v) is 6.67. The van der Waals surface area contributed by atoms with E-state index in [-0.39, 0.29) is 11.4 Å². The largest absolute Gasteiger partial charge is 0.354 e. The van der Waals surface area contributed by atoms with Gasteiger partial charge in [0.2, 0.25) is 5.91 Å². The number of hydrogen-bond acceptors (Lipinski definition) is 3. The van der Waals surface area contributed by atoms with E-state index in [9.17, 15) is 13.2 Å². The third-order valence-electron chi connectivity index (χ3n) is 4.38. The van der Waals surface area contributed by atoms with E-state index < -0.39 is 15.9 Å². The first-order chi connectivity index (χ1) is 14.4. The minimum Gasteiger partial charge on any atom is -0.354 e. The number of amides is 1. The number of anilines is 1. The van der Waals surface area contributed by atoms with Crippen LogP contribution in [0, 0.1) is 0 Å². The maximum Gasteiger partial charge on any atom is 0.264 e. The van der Waals surface area contributed by atoms with Gasteiger partial charge in [0.1, 0.15) is 6.54 Å². The fourth-order valence-corrected chi connectivity index (χ4v) is 4.52. The predicted molar refractivity (Wildman–Crippen MR) is 121 cm³/mol. The van der Waals surface area contributed by atoms with Crippen LogP contribution in [0.15, 0.2) is 83.8 Å². The molecule has 3 rings (SSSR count). The second kappa shape index (κ2) is 9.98. The summed E-state index contributed by atoms with van der Waals surface area (Å²) in [7, 11) is -3.93. The van der Waals surface area contributed by atoms with Crippen LogP contribution < -0.4 is 9.62 Å². The molecule has 0 radical (unpaired) electrons. The molecule has 0 saturated heterocycles. The fraction of sp³-hybridized carbons (Fsp3) is 0.136. The molecule has 3 aromatic rings. The third kappa shape index (κ3) is 5.75. The SMILES string of the molecule is O=C(CN(c1ccc(Cl)cc1)S(=O)(=O)c1ccccc1)NCCc1ccc(Cl)cc1. The average Bonchev–Trinajstić information content (AvgIpc) is 2.75. The van der Waals surface area contributed by atoms with Crippen LogP contribution in [-0.4, -0.2) is 27.4 Å². The summed E-state index contributed by atoms with van der Waals surface area (Å²) in [6, 6.07) is 21.7. The van der Waals surface area contributed by atoms with Crippen LogP contribution in [0.3, 0.4) is 0 Å². The summed E-state index contributed by atoms with van der Waals surface area (Å²) in [5, 5.41) is 3.90. The summed E-state index contributed by atoms with van der Waals surface area (Å²) in [6.45, 7) is 0.0276. The Morgan fingerprint density at radius 1 is 0.833 bits per heavy atom. The van der Waals surface area contributed by atoms with Crippen molar-refractivity contribution >= 4 is 44.8 Å². The summed E-state index contributed by atoms with van der Waals surface area (Å²) in [5.74, 6) is -0.404. The Kier molecular flexibility index (Phi) is 7.37. The number of nitrogens with zero attached hydrogens (tertiary/aromatic N) is 1. The van der Waals surface area contributed by atoms with Crippen LogP contribution in [-0.2, 0) is 21.2 Å². The standard InChI is InChI=1S/C22H20Cl2N2O3S/c23-18-8-6-17(7-9-18)14-15-25-22(27)16-26(20-12-10-19(24)11-13-20)30(28,29)21-4-2-1-3-5-21/h1-13H,14-16H2,(H,25,27). The molecule has 1 N–H and O–H groups in total. The molecular weight excluding hydrogens is 443 g/mol. The molecule has 0 spiro atoms. The van der Waals surface area contributed by atoms with Gasteiger partial charge in [-0.1, -0.05) is 53.5 Å². The first-order valence-corrected chi connectivity index (χ1v) is 11.4. The maximum absolute atomic E-state index is 13.2. The fourth-order valence-electron chi connectivity index (χ4n) is 2.83. The van der Waals surface area contributed by atoms with E-state index in [2.05, 4.69) is 5.32 Å². The summed E-state index contributed by atoms with van der Waals surface area (Å²) in [5.41, 5.74) is 1.38. The van der Waals surface area contributed by atoms with Gasteiger partial charge in [-0.3, -0.25) is 9.10 Å². The summed E-state index contributed by atoms with van der Waals surface area (Å²) in [4.78, 5) is 12.7. The number of nitrogens with one attached hydrogen (secondary N) is 1. The van der Waals surface area contributed by atoms with Crippen molar-refractivity contribution in [1.29, 1.82) is 0 Å². The number of rotatable bonds is 8. The van der Waals surface area contributed by atoms with Gasteiger partial charge in [0.05, 0.1) is 10.6 Å². The minimum absolute atomic E-state index is 0.105. The molecule has 0 aliphatic carbocycles. The molecule has 0 fully saturated rings. The number of carbonyl (C=O) groups excluding carboxylic acids is 1. The van der Waals surface area contributed by atoms with E-state index >= 15 is 0 Å². The van der Waals surface area contributed by atoms with E-state index in [1.54, 1.807) is 54.6 Å². The van der Waals surface area contributed by atoms with Crippen LogP contribution in [0.25, 0.3) is 0 Å². The average molecular weight is 463 g/mol. The zero-order chi connectivity index (χ0) is 21.6. The molecule has 30 heavy (non-hydrogen) atoms. The highest BCUT2D eigenvalue weighted by Gasteiger charge is 2.26. The summed E-state index contributed by atoms with van der Waals surface area (Å²) < 4.78 is 27.4. The Morgan fingerprint density at radius 2 is 1.40 bits per heavy atom. The summed E-state index contributed by atoms with van der Waals surface area (Å²) >= 11 is 11.8. The van der Waals surface area contributed by atoms with Crippen molar-refractivity contribution < 1.29 is 13.2 Å². The number of halogens is 2. The normalized spacial score (nSPS) is 11.1. The van der Waals surface area contributed by atoms with E-state index in [1.165, 1.54) is 12.1 Å². The molecule has 1 amide bonds. The van der Waals surface area contributed by atoms with Crippen molar-refractivity contribution in [3.8, 4) is 0 Å². The van der Waals surface area contributed by atoms with Crippen molar-refractivity contribution in [2.24, 2.45) is 0 Å². The van der Waals surface area contributed by atoms with Gasteiger partial charge in [0.25, 0.3) is 10.0 Å². The van der Waals surface area contributed by atoms with Crippen molar-refractivity contribution in [1.82, 2.24) is 5.32 Å². The molecule has 8 heteroatoms. The molecule has 5 nitrogen and oxygen atoms in total. The molecular formula is C22H20Cl2N2O3S. The molecule has 0 atom stereocenters. The van der Waals surface area contributed by atoms with E-state index in [0.717, 1.165) is 9.87 Å². The highest BCUT2D eigenvalue weighted by atomic mass is 35.5. The monoisotopic (exact) mass is 462 g/mol. The number of benzene rings is 3. The highest BCUT2D eigenvalue weighted by Crippen LogP contribution is 2.25. The van der Waals surface area contributed by atoms with Gasteiger partial charge in [-0.15, -0.1) is 0 Å². The molecule has 0 aliphatic rings. The van der Waals surface area contributed by atoms with Gasteiger partial charge >= 0.3 is 0 Å². The van der Waals surface area contributed by atoms with Crippen LogP contribution >= 0.6 is 23.2 Å². The lowest BCUT2D eigenvalue weighted by molar-refractivity contribution is -0.119. The Labute approximate surface area is 186 Å². The molecule has 0 aliphatic heterocycles. The van der Waals surface area contributed by atoms with Crippen LogP contribution in [0.2, 0.25) is 10.0 Å². The second-order valence-corrected chi connectivity index (χ2v) is 9.26. The zero-order valence-corrected chi connectivity index (χ0v) is 18.3. The van der Waals surface area contributed by atoms with E-state index in [0.29, 0.717) is 28.7 Å². The Balaban J connectivity index is 1.74. The van der Waals surface area contributed by atoms with Crippen molar-refractivity contribution in [2.45, 2.75) is 11.3 Å². The van der Waals surface area contributed by atoms with Crippen LogP contribution in [0.1, 0.15) is 5.56 Å². The van der Waals surface area contributed by atoms with Crippen molar-refractivity contribution in [3.05, 3.63) is 94.5 Å². The smallest absolute Gasteiger partial charge is 0.264 e. The first kappa shape index (κ1) is 22.2. The van der Waals surface area contributed by atoms with Crippen LogP contribution in [0.5, 0.6) is 0 Å². The molecule has 0 bridgehead atoms. The molecule has 156 valence electrons. The van der Waals surface area contributed by atoms with Gasteiger partial charge in [0, 0.05) is 16.6 Å². The second-order valence-electron chi connectivity index (χ2n) is 6.53. The van der Waals surface area contributed by atoms with E-state index in [4.69, 9.17) is 23.2 Å². The van der Waals surface area contributed by atoms with Gasteiger partial charge < -0.3 is 5.32 Å². The predicted octanol–water partition coefficient (Wildman–Crippen LogP) is 4.55. The topological polar surface area (TPSA) is 66.5 Å². The van der Waals surface area contributed by atoms with Gasteiger partial charge in [-0.05, 0) is 60.5 Å². The lowest BCUT2D eigenvalue weighted by atomic mass is 10.1. The maximum atomic E-state index is 13.2. The molecule has 0 heterocycles. The number of sulfonamides is 1. The van der Waals surface area contributed by atoms with Gasteiger partial charge in [-0.25, -0.2) is 8.42 Å². The lowest BCUT2D eigenvalue weighted by Gasteiger charge is -2.24. The highest BCUT2D eigenvalue weighted by molar-refractivity contribution is 7.92. The quantitative estimate of drug-likeness (QED) is 0.533. The Bertz CT molecular complexity index is 1090. The van der Waals surface area contributed by atoms with Gasteiger partial charge in [0.15, 0.2) is 0 Å². The number of hydrogen-bond donors (Lipinski definition) is 1. The number of carbonyl (C=O) groups is 1. The first-order valence-electron chi connectivity index (χ1n) is 9.21. The van der Waals surface area contributed by atoms with Crippen molar-refractivity contribution in [2.75, 3.05) is 17.4 Å². The van der Waals surface area contributed by atoms with Crippen LogP contribution in [0.4, 0.5) is 5.69 Å². The van der Waals surface area contributed by atoms with E-state index in [1.807, 2.05) is 12.1 Å². The Hall–Kier alpha value is -2.54. The van der Waals surface area contributed by atoms with Gasteiger partial charge in [-0.2, -0.15) is 0 Å². The lowest BCUT2D eigenvalue weighted by Crippen LogP contribution is -2.41. The zero-order valence-electron chi connectivity index (χ0n) is 16.0. The molecule has 3 aromatic carbocycles. The van der Waals surface area contributed by atoms with Crippen molar-refractivity contribution in [3.63, 3.8) is 0 Å². The summed E-state index contributed by atoms with van der Waals surface area (Å²) in [6.07, 6.45) is 0.606. The molecule has 0 saturated carbocycles. The molecule has 0 unspecified atom stereocenters. The Morgan fingerprint density at radius 3 is 2.00 bits per heavy atom.